The highest BCUT2D eigenvalue weighted by Crippen LogP contribution is 2.24. The molecule has 2 aromatic carbocycles. The molecule has 0 saturated heterocycles. The maximum Gasteiger partial charge on any atom is 0.182 e. The maximum absolute atomic E-state index is 5.43. The van der Waals surface area contributed by atoms with Gasteiger partial charge < -0.3 is 4.98 Å². The van der Waals surface area contributed by atoms with Gasteiger partial charge in [-0.25, -0.2) is 4.98 Å². The molecule has 0 aliphatic rings. The zero-order chi connectivity index (χ0) is 12.8. The predicted molar refractivity (Wildman–Crippen MR) is 81.6 cm³/mol. The predicted octanol–water partition coefficient (Wildman–Crippen LogP) is 4.30. The van der Waals surface area contributed by atoms with Crippen LogP contribution in [0.25, 0.3) is 26.9 Å². The van der Waals surface area contributed by atoms with Gasteiger partial charge in [0, 0.05) is 5.69 Å². The van der Waals surface area contributed by atoms with E-state index in [0.29, 0.717) is 4.77 Å². The summed E-state index contributed by atoms with van der Waals surface area (Å²) in [6.45, 7) is 0. The third-order valence-corrected chi connectivity index (χ3v) is 4.24. The van der Waals surface area contributed by atoms with Gasteiger partial charge in [-0.1, -0.05) is 12.1 Å². The van der Waals surface area contributed by atoms with Crippen LogP contribution in [0, 0.1) is 4.77 Å². The maximum atomic E-state index is 5.43. The van der Waals surface area contributed by atoms with Gasteiger partial charge >= 0.3 is 0 Å². The Balaban J connectivity index is 2.08. The van der Waals surface area contributed by atoms with Gasteiger partial charge in [0.05, 0.1) is 26.8 Å². The quantitative estimate of drug-likeness (QED) is 0.528. The lowest BCUT2D eigenvalue weighted by Crippen LogP contribution is -1.93. The lowest BCUT2D eigenvalue weighted by atomic mass is 10.2. The molecule has 92 valence electrons. The highest BCUT2D eigenvalue weighted by Gasteiger charge is 2.07. The Morgan fingerprint density at radius 3 is 3.00 bits per heavy atom. The van der Waals surface area contributed by atoms with E-state index < -0.39 is 0 Å². The van der Waals surface area contributed by atoms with Crippen molar-refractivity contribution < 1.29 is 0 Å². The number of aromatic nitrogens is 3. The summed E-state index contributed by atoms with van der Waals surface area (Å²) in [4.78, 5) is 7.53. The van der Waals surface area contributed by atoms with Gasteiger partial charge in [-0.05, 0) is 42.5 Å². The highest BCUT2D eigenvalue weighted by atomic mass is 32.1. The molecule has 4 aromatic rings. The number of benzene rings is 2. The number of nitrogens with zero attached hydrogens (tertiary/aromatic N) is 2. The topological polar surface area (TPSA) is 33.6 Å². The van der Waals surface area contributed by atoms with E-state index in [-0.39, 0.29) is 0 Å². The standard InChI is InChI=1S/C14H9N3S2/c18-14-16-10-3-1-2-4-12(10)17(14)9-5-6-11-13(7-9)19-8-15-11/h1-8H,(H,16,18). The summed E-state index contributed by atoms with van der Waals surface area (Å²) in [7, 11) is 0. The van der Waals surface area contributed by atoms with Gasteiger partial charge in [0.25, 0.3) is 0 Å². The Hall–Kier alpha value is -1.98. The van der Waals surface area contributed by atoms with Crippen LogP contribution >= 0.6 is 23.6 Å². The van der Waals surface area contributed by atoms with E-state index >= 15 is 0 Å². The van der Waals surface area contributed by atoms with Crippen molar-refractivity contribution in [3.63, 3.8) is 0 Å². The van der Waals surface area contributed by atoms with Crippen molar-refractivity contribution in [3.05, 3.63) is 52.7 Å². The summed E-state index contributed by atoms with van der Waals surface area (Å²) < 4.78 is 3.94. The van der Waals surface area contributed by atoms with Crippen molar-refractivity contribution in [3.8, 4) is 5.69 Å². The van der Waals surface area contributed by atoms with Crippen LogP contribution in [0.1, 0.15) is 0 Å². The van der Waals surface area contributed by atoms with E-state index in [1.807, 2.05) is 29.8 Å². The van der Waals surface area contributed by atoms with Gasteiger partial charge in [0.2, 0.25) is 0 Å². The summed E-state index contributed by atoms with van der Waals surface area (Å²) in [5.41, 5.74) is 6.11. The number of para-hydroxylation sites is 2. The number of aromatic amines is 1. The molecular formula is C14H9N3S2. The minimum absolute atomic E-state index is 0.713. The molecule has 4 rings (SSSR count). The van der Waals surface area contributed by atoms with E-state index in [1.54, 1.807) is 11.3 Å². The van der Waals surface area contributed by atoms with Crippen molar-refractivity contribution in [2.45, 2.75) is 0 Å². The molecule has 1 N–H and O–H groups in total. The van der Waals surface area contributed by atoms with E-state index in [4.69, 9.17) is 12.2 Å². The van der Waals surface area contributed by atoms with E-state index in [1.165, 1.54) is 4.70 Å². The lowest BCUT2D eigenvalue weighted by Gasteiger charge is -2.04. The molecule has 0 unspecified atom stereocenters. The van der Waals surface area contributed by atoms with Crippen molar-refractivity contribution in [1.82, 2.24) is 14.5 Å². The smallest absolute Gasteiger partial charge is 0.182 e. The minimum Gasteiger partial charge on any atom is -0.330 e. The summed E-state index contributed by atoms with van der Waals surface area (Å²) >= 11 is 7.07. The molecular weight excluding hydrogens is 274 g/mol. The van der Waals surface area contributed by atoms with Crippen LogP contribution in [0.4, 0.5) is 0 Å². The largest absolute Gasteiger partial charge is 0.330 e. The molecule has 0 atom stereocenters. The number of hydrogen-bond acceptors (Lipinski definition) is 3. The van der Waals surface area contributed by atoms with Crippen molar-refractivity contribution >= 4 is 44.8 Å². The van der Waals surface area contributed by atoms with Gasteiger partial charge in [-0.3, -0.25) is 4.57 Å². The van der Waals surface area contributed by atoms with E-state index in [9.17, 15) is 0 Å². The minimum atomic E-state index is 0.713. The molecule has 0 saturated carbocycles. The fraction of sp³-hybridized carbons (Fsp3) is 0. The Labute approximate surface area is 118 Å². The first-order chi connectivity index (χ1) is 9.33. The average Bonchev–Trinajstić information content (AvgIpc) is 3.00. The molecule has 0 aliphatic heterocycles. The molecule has 0 amide bonds. The number of thiazole rings is 1. The number of fused-ring (bicyclic) bond motifs is 2. The normalized spacial score (nSPS) is 11.4. The molecule has 2 heterocycles. The molecule has 0 bridgehead atoms. The van der Waals surface area contributed by atoms with Gasteiger partial charge in [-0.15, -0.1) is 11.3 Å². The van der Waals surface area contributed by atoms with Crippen LogP contribution in [0.3, 0.4) is 0 Å². The number of rotatable bonds is 1. The zero-order valence-corrected chi connectivity index (χ0v) is 11.5. The second-order valence-electron chi connectivity index (χ2n) is 4.29. The van der Waals surface area contributed by atoms with Crippen LogP contribution in [0.15, 0.2) is 48.0 Å². The summed E-state index contributed by atoms with van der Waals surface area (Å²) in [5.74, 6) is 0. The average molecular weight is 283 g/mol. The van der Waals surface area contributed by atoms with Crippen LogP contribution < -0.4 is 0 Å². The SMILES string of the molecule is S=c1[nH]c2ccccc2n1-c1ccc2ncsc2c1. The second-order valence-corrected chi connectivity index (χ2v) is 5.56. The fourth-order valence-corrected chi connectivity index (χ4v) is 3.32. The Bertz CT molecular complexity index is 946. The third kappa shape index (κ3) is 1.63. The van der Waals surface area contributed by atoms with Crippen molar-refractivity contribution in [2.75, 3.05) is 0 Å². The molecule has 0 radical (unpaired) electrons. The number of imidazole rings is 1. The Morgan fingerprint density at radius 2 is 2.05 bits per heavy atom. The van der Waals surface area contributed by atoms with Crippen LogP contribution in [0.5, 0.6) is 0 Å². The van der Waals surface area contributed by atoms with Gasteiger partial charge in [0.1, 0.15) is 0 Å². The fourth-order valence-electron chi connectivity index (χ4n) is 2.29. The van der Waals surface area contributed by atoms with Gasteiger partial charge in [0.15, 0.2) is 4.77 Å². The molecule has 19 heavy (non-hydrogen) atoms. The summed E-state index contributed by atoms with van der Waals surface area (Å²) in [5, 5.41) is 0. The first-order valence-corrected chi connectivity index (χ1v) is 7.15. The molecule has 0 aliphatic carbocycles. The third-order valence-electron chi connectivity index (χ3n) is 3.16. The molecule has 5 heteroatoms. The number of H-pyrrole nitrogens is 1. The van der Waals surface area contributed by atoms with Crippen LogP contribution in [0.2, 0.25) is 0 Å². The first kappa shape index (κ1) is 10.9. The molecule has 2 aromatic heterocycles. The summed E-state index contributed by atoms with van der Waals surface area (Å²) in [6.07, 6.45) is 0. The lowest BCUT2D eigenvalue weighted by molar-refractivity contribution is 1.07. The van der Waals surface area contributed by atoms with Crippen LogP contribution in [-0.4, -0.2) is 14.5 Å². The number of hydrogen-bond donors (Lipinski definition) is 1. The molecule has 0 spiro atoms. The second kappa shape index (κ2) is 4.01. The first-order valence-electron chi connectivity index (χ1n) is 5.86. The highest BCUT2D eigenvalue weighted by molar-refractivity contribution is 7.71. The van der Waals surface area contributed by atoms with Crippen LogP contribution in [-0.2, 0) is 0 Å². The van der Waals surface area contributed by atoms with Gasteiger partial charge in [-0.2, -0.15) is 0 Å². The zero-order valence-electron chi connectivity index (χ0n) is 9.83. The number of nitrogens with one attached hydrogen (secondary N) is 1. The van der Waals surface area contributed by atoms with Crippen molar-refractivity contribution in [1.29, 1.82) is 0 Å². The molecule has 0 fully saturated rings. The molecule has 3 nitrogen and oxygen atoms in total. The van der Waals surface area contributed by atoms with E-state index in [2.05, 4.69) is 32.7 Å². The van der Waals surface area contributed by atoms with Crippen molar-refractivity contribution in [2.24, 2.45) is 0 Å². The van der Waals surface area contributed by atoms with E-state index in [0.717, 1.165) is 22.2 Å². The Morgan fingerprint density at radius 1 is 1.16 bits per heavy atom. The monoisotopic (exact) mass is 283 g/mol. The Kier molecular flexibility index (Phi) is 2.30. The summed E-state index contributed by atoms with van der Waals surface area (Å²) in [6, 6.07) is 14.3.